The molecule has 1 fully saturated rings. The van der Waals surface area contributed by atoms with E-state index < -0.39 is 17.1 Å². The Morgan fingerprint density at radius 2 is 1.62 bits per heavy atom. The van der Waals surface area contributed by atoms with Crippen LogP contribution in [-0.2, 0) is 20.9 Å². The fourth-order valence-electron chi connectivity index (χ4n) is 5.54. The maximum atomic E-state index is 14.0. The van der Waals surface area contributed by atoms with Crippen molar-refractivity contribution in [3.8, 4) is 11.5 Å². The first kappa shape index (κ1) is 27.8. The van der Waals surface area contributed by atoms with Crippen LogP contribution in [0.25, 0.3) is 0 Å². The normalized spacial score (nSPS) is 19.3. The standard InChI is InChI=1S/C31H27N3O6S2/c1-17-9-7-8-12-20(17)32-23(35)16-33-30-27(42-31(33)38)24(18-13-14-21(39-2)22(15-18)40-3)25-26(41-30)29(37)34(28(25)36)19-10-5-4-6-11-19/h4-15,24-26H,16H2,1-3H3,(H,32,35)/t24-,25-,26+/m0/s1. The van der Waals surface area contributed by atoms with Crippen LogP contribution in [-0.4, -0.2) is 41.8 Å². The van der Waals surface area contributed by atoms with Gasteiger partial charge in [0.1, 0.15) is 11.8 Å². The molecule has 0 bridgehead atoms. The van der Waals surface area contributed by atoms with E-state index in [1.165, 1.54) is 35.4 Å². The number of hydrogen-bond donors (Lipinski definition) is 1. The number of nitrogens with zero attached hydrogens (tertiary/aromatic N) is 2. The van der Waals surface area contributed by atoms with Gasteiger partial charge in [0, 0.05) is 16.5 Å². The highest BCUT2D eigenvalue weighted by Gasteiger charge is 2.57. The van der Waals surface area contributed by atoms with Gasteiger partial charge in [-0.3, -0.25) is 23.7 Å². The van der Waals surface area contributed by atoms with Gasteiger partial charge in [-0.2, -0.15) is 0 Å². The van der Waals surface area contributed by atoms with Gasteiger partial charge in [-0.25, -0.2) is 4.90 Å². The molecule has 1 aromatic heterocycles. The number of fused-ring (bicyclic) bond motifs is 2. The van der Waals surface area contributed by atoms with Gasteiger partial charge in [0.25, 0.3) is 0 Å². The van der Waals surface area contributed by atoms with Gasteiger partial charge >= 0.3 is 4.87 Å². The van der Waals surface area contributed by atoms with Crippen molar-refractivity contribution in [1.82, 2.24) is 4.57 Å². The first-order valence-corrected chi connectivity index (χ1v) is 14.9. The molecule has 2 aliphatic rings. The number of thiazole rings is 1. The maximum absolute atomic E-state index is 14.0. The summed E-state index contributed by atoms with van der Waals surface area (Å²) in [6, 6.07) is 21.6. The number of para-hydroxylation sites is 2. The highest BCUT2D eigenvalue weighted by atomic mass is 32.2. The third kappa shape index (κ3) is 4.68. The molecule has 214 valence electrons. The number of rotatable bonds is 7. The molecule has 0 saturated carbocycles. The van der Waals surface area contributed by atoms with E-state index in [9.17, 15) is 19.2 Å². The van der Waals surface area contributed by atoms with Crippen LogP contribution in [0.3, 0.4) is 0 Å². The van der Waals surface area contributed by atoms with Crippen LogP contribution in [0.4, 0.5) is 11.4 Å². The number of thioether (sulfide) groups is 1. The van der Waals surface area contributed by atoms with Crippen LogP contribution in [0.5, 0.6) is 11.5 Å². The Balaban J connectivity index is 1.45. The lowest BCUT2D eigenvalue weighted by atomic mass is 9.83. The zero-order valence-corrected chi connectivity index (χ0v) is 24.7. The Hall–Kier alpha value is -4.35. The Morgan fingerprint density at radius 1 is 0.905 bits per heavy atom. The van der Waals surface area contributed by atoms with Crippen molar-refractivity contribution in [1.29, 1.82) is 0 Å². The molecule has 3 atom stereocenters. The van der Waals surface area contributed by atoms with E-state index in [0.717, 1.165) is 16.9 Å². The smallest absolute Gasteiger partial charge is 0.308 e. The SMILES string of the molecule is COc1ccc([C@@H]2c3sc(=O)n(CC(=O)Nc4ccccc4C)c3S[C@H]3C(=O)N(c4ccccc4)C(=O)[C@@H]23)cc1OC. The number of aromatic nitrogens is 1. The number of carbonyl (C=O) groups is 3. The molecule has 0 aliphatic carbocycles. The summed E-state index contributed by atoms with van der Waals surface area (Å²) in [7, 11) is 3.06. The average Bonchev–Trinajstić information content (AvgIpc) is 3.44. The number of hydrogen-bond acceptors (Lipinski definition) is 8. The van der Waals surface area contributed by atoms with Gasteiger partial charge in [0.2, 0.25) is 17.7 Å². The molecule has 0 spiro atoms. The Kier molecular flexibility index (Phi) is 7.38. The van der Waals surface area contributed by atoms with Crippen LogP contribution in [0, 0.1) is 12.8 Å². The molecule has 1 saturated heterocycles. The molecule has 4 aromatic rings. The van der Waals surface area contributed by atoms with Gasteiger partial charge in [0.15, 0.2) is 11.5 Å². The zero-order chi connectivity index (χ0) is 29.5. The number of carbonyl (C=O) groups excluding carboxylic acids is 3. The van der Waals surface area contributed by atoms with Gasteiger partial charge < -0.3 is 14.8 Å². The molecule has 6 rings (SSSR count). The Morgan fingerprint density at radius 3 is 2.33 bits per heavy atom. The first-order chi connectivity index (χ1) is 20.3. The molecule has 42 heavy (non-hydrogen) atoms. The summed E-state index contributed by atoms with van der Waals surface area (Å²) in [6.45, 7) is 1.66. The number of anilines is 2. The minimum atomic E-state index is -0.789. The molecule has 1 N–H and O–H groups in total. The molecule has 9 nitrogen and oxygen atoms in total. The maximum Gasteiger partial charge on any atom is 0.308 e. The van der Waals surface area contributed by atoms with Gasteiger partial charge in [-0.05, 0) is 48.4 Å². The third-order valence-corrected chi connectivity index (χ3v) is 10.2. The van der Waals surface area contributed by atoms with Crippen LogP contribution in [0.1, 0.15) is 21.9 Å². The summed E-state index contributed by atoms with van der Waals surface area (Å²) in [5.74, 6) is -1.45. The number of nitrogens with one attached hydrogen (secondary N) is 1. The van der Waals surface area contributed by atoms with E-state index in [2.05, 4.69) is 5.32 Å². The van der Waals surface area contributed by atoms with Crippen molar-refractivity contribution in [3.05, 3.63) is 98.5 Å². The van der Waals surface area contributed by atoms with E-state index in [1.807, 2.05) is 37.3 Å². The fraction of sp³-hybridized carbons (Fsp3) is 0.226. The summed E-state index contributed by atoms with van der Waals surface area (Å²) in [5, 5.41) is 2.61. The quantitative estimate of drug-likeness (QED) is 0.307. The van der Waals surface area contributed by atoms with Crippen molar-refractivity contribution < 1.29 is 23.9 Å². The second-order valence-electron chi connectivity index (χ2n) is 9.99. The van der Waals surface area contributed by atoms with Crippen LogP contribution >= 0.6 is 23.1 Å². The summed E-state index contributed by atoms with van der Waals surface area (Å²) < 4.78 is 12.4. The molecule has 11 heteroatoms. The summed E-state index contributed by atoms with van der Waals surface area (Å²) >= 11 is 2.17. The predicted octanol–water partition coefficient (Wildman–Crippen LogP) is 4.67. The van der Waals surface area contributed by atoms with E-state index in [-0.39, 0.29) is 29.1 Å². The highest BCUT2D eigenvalue weighted by Crippen LogP contribution is 2.54. The third-order valence-electron chi connectivity index (χ3n) is 7.55. The van der Waals surface area contributed by atoms with E-state index in [1.54, 1.807) is 42.5 Å². The lowest BCUT2D eigenvalue weighted by molar-refractivity contribution is -0.122. The number of ether oxygens (including phenoxy) is 2. The van der Waals surface area contributed by atoms with Crippen molar-refractivity contribution in [3.63, 3.8) is 0 Å². The monoisotopic (exact) mass is 601 g/mol. The van der Waals surface area contributed by atoms with E-state index in [4.69, 9.17) is 9.47 Å². The first-order valence-electron chi connectivity index (χ1n) is 13.2. The molecule has 0 radical (unpaired) electrons. The molecular weight excluding hydrogens is 574 g/mol. The van der Waals surface area contributed by atoms with E-state index in [0.29, 0.717) is 38.3 Å². The predicted molar refractivity (Wildman–Crippen MR) is 162 cm³/mol. The van der Waals surface area contributed by atoms with Crippen molar-refractivity contribution in [2.45, 2.75) is 29.7 Å². The molecule has 3 aromatic carbocycles. The number of imide groups is 1. The summed E-state index contributed by atoms with van der Waals surface area (Å²) in [5.41, 5.74) is 2.75. The second-order valence-corrected chi connectivity index (χ2v) is 12.1. The van der Waals surface area contributed by atoms with Crippen molar-refractivity contribution >= 4 is 52.2 Å². The van der Waals surface area contributed by atoms with Crippen molar-refractivity contribution in [2.24, 2.45) is 5.92 Å². The number of aryl methyl sites for hydroxylation is 1. The lowest BCUT2D eigenvalue weighted by Crippen LogP contribution is -2.33. The molecular formula is C31H27N3O6S2. The minimum Gasteiger partial charge on any atom is -0.493 e. The number of benzene rings is 3. The van der Waals surface area contributed by atoms with E-state index >= 15 is 0 Å². The minimum absolute atomic E-state index is 0.230. The topological polar surface area (TPSA) is 107 Å². The number of amides is 3. The Bertz CT molecular complexity index is 1770. The Labute approximate surface area is 250 Å². The van der Waals surface area contributed by atoms with Crippen LogP contribution < -0.4 is 24.6 Å². The lowest BCUT2D eigenvalue weighted by Gasteiger charge is -2.31. The average molecular weight is 602 g/mol. The second kappa shape index (κ2) is 11.1. The largest absolute Gasteiger partial charge is 0.493 e. The zero-order valence-electron chi connectivity index (χ0n) is 23.0. The number of methoxy groups -OCH3 is 2. The molecule has 3 amide bonds. The molecule has 3 heterocycles. The summed E-state index contributed by atoms with van der Waals surface area (Å²) in [4.78, 5) is 55.9. The highest BCUT2D eigenvalue weighted by molar-refractivity contribution is 8.00. The van der Waals surface area contributed by atoms with Crippen molar-refractivity contribution in [2.75, 3.05) is 24.4 Å². The van der Waals surface area contributed by atoms with Gasteiger partial charge in [0.05, 0.1) is 30.9 Å². The van der Waals surface area contributed by atoms with Crippen LogP contribution in [0.2, 0.25) is 0 Å². The van der Waals surface area contributed by atoms with Gasteiger partial charge in [-0.15, -0.1) is 0 Å². The summed E-state index contributed by atoms with van der Waals surface area (Å²) in [6.07, 6.45) is 0. The van der Waals surface area contributed by atoms with Gasteiger partial charge in [-0.1, -0.05) is 65.6 Å². The fourth-order valence-corrected chi connectivity index (χ4v) is 8.31. The molecule has 2 aliphatic heterocycles. The van der Waals surface area contributed by atoms with Crippen LogP contribution in [0.15, 0.2) is 82.6 Å². The molecule has 0 unspecified atom stereocenters.